The summed E-state index contributed by atoms with van der Waals surface area (Å²) in [6.07, 6.45) is 2.66. The smallest absolute Gasteiger partial charge is 0.104 e. The zero-order valence-corrected chi connectivity index (χ0v) is 16.5. The molecule has 0 aliphatic heterocycles. The van der Waals surface area contributed by atoms with E-state index in [9.17, 15) is 5.11 Å². The summed E-state index contributed by atoms with van der Waals surface area (Å²) in [6.45, 7) is 23.6. The van der Waals surface area contributed by atoms with Gasteiger partial charge in [-0.2, -0.15) is 0 Å². The van der Waals surface area contributed by atoms with Crippen LogP contribution >= 0.6 is 0 Å². The van der Waals surface area contributed by atoms with E-state index >= 15 is 0 Å². The standard InChI is InChI=1S/C20H40O2/c1-11-16(6)17(21)13-19(7,8)20(9,10)18(12-14(2)3)22-15(4)5/h14,16-18,21H,4,11-13H2,1-3,5-10H3. The summed E-state index contributed by atoms with van der Waals surface area (Å²) >= 11 is 0. The van der Waals surface area contributed by atoms with Crippen LogP contribution in [-0.4, -0.2) is 17.3 Å². The van der Waals surface area contributed by atoms with E-state index in [4.69, 9.17) is 4.74 Å². The van der Waals surface area contributed by atoms with Gasteiger partial charge in [0.25, 0.3) is 0 Å². The number of aliphatic hydroxyl groups excluding tert-OH is 1. The molecule has 0 fully saturated rings. The summed E-state index contributed by atoms with van der Waals surface area (Å²) in [5.74, 6) is 1.68. The molecule has 3 atom stereocenters. The molecule has 0 aromatic heterocycles. The first-order valence-electron chi connectivity index (χ1n) is 8.85. The zero-order chi connectivity index (χ0) is 17.7. The third-order valence-electron chi connectivity index (χ3n) is 5.60. The van der Waals surface area contributed by atoms with Crippen LogP contribution in [0.15, 0.2) is 12.3 Å². The van der Waals surface area contributed by atoms with Crippen molar-refractivity contribution < 1.29 is 9.84 Å². The third-order valence-corrected chi connectivity index (χ3v) is 5.60. The van der Waals surface area contributed by atoms with E-state index in [1.165, 1.54) is 0 Å². The number of ether oxygens (including phenoxy) is 1. The summed E-state index contributed by atoms with van der Waals surface area (Å²) in [6, 6.07) is 0. The molecule has 0 aliphatic rings. The second-order valence-corrected chi connectivity index (χ2v) is 8.70. The Morgan fingerprint density at radius 3 is 2.00 bits per heavy atom. The van der Waals surface area contributed by atoms with E-state index in [1.807, 2.05) is 6.92 Å². The summed E-state index contributed by atoms with van der Waals surface area (Å²) < 4.78 is 6.10. The van der Waals surface area contributed by atoms with Crippen LogP contribution in [0, 0.1) is 22.7 Å². The SMILES string of the molecule is C=C(C)OC(CC(C)C)C(C)(C)C(C)(C)CC(O)C(C)CC. The number of rotatable bonds is 10. The van der Waals surface area contributed by atoms with Crippen LogP contribution in [0.1, 0.15) is 81.6 Å². The summed E-state index contributed by atoms with van der Waals surface area (Å²) in [4.78, 5) is 0. The van der Waals surface area contributed by atoms with Crippen LogP contribution in [0.25, 0.3) is 0 Å². The van der Waals surface area contributed by atoms with Gasteiger partial charge in [-0.1, -0.05) is 68.4 Å². The Bertz CT molecular complexity index is 342. The van der Waals surface area contributed by atoms with E-state index in [1.54, 1.807) is 0 Å². The predicted molar refractivity (Wildman–Crippen MR) is 96.8 cm³/mol. The highest BCUT2D eigenvalue weighted by atomic mass is 16.5. The Hall–Kier alpha value is -0.500. The molecule has 0 aromatic rings. The zero-order valence-electron chi connectivity index (χ0n) is 16.5. The molecular weight excluding hydrogens is 272 g/mol. The van der Waals surface area contributed by atoms with E-state index in [-0.39, 0.29) is 23.0 Å². The van der Waals surface area contributed by atoms with Gasteiger partial charge < -0.3 is 9.84 Å². The van der Waals surface area contributed by atoms with E-state index in [0.29, 0.717) is 11.8 Å². The Morgan fingerprint density at radius 1 is 1.14 bits per heavy atom. The van der Waals surface area contributed by atoms with Gasteiger partial charge in [0.1, 0.15) is 6.10 Å². The number of hydrogen-bond donors (Lipinski definition) is 1. The molecule has 0 bridgehead atoms. The maximum absolute atomic E-state index is 10.5. The molecule has 0 aliphatic carbocycles. The highest BCUT2D eigenvalue weighted by Gasteiger charge is 2.45. The molecule has 0 aromatic carbocycles. The fourth-order valence-corrected chi connectivity index (χ4v) is 2.86. The summed E-state index contributed by atoms with van der Waals surface area (Å²) in [5, 5.41) is 10.5. The molecular formula is C20H40O2. The molecule has 0 saturated carbocycles. The van der Waals surface area contributed by atoms with Crippen molar-refractivity contribution in [3.63, 3.8) is 0 Å². The van der Waals surface area contributed by atoms with Crippen molar-refractivity contribution in [1.29, 1.82) is 0 Å². The van der Waals surface area contributed by atoms with Crippen LogP contribution in [0.3, 0.4) is 0 Å². The van der Waals surface area contributed by atoms with Crippen molar-refractivity contribution in [1.82, 2.24) is 0 Å². The lowest BCUT2D eigenvalue weighted by Gasteiger charge is -2.48. The van der Waals surface area contributed by atoms with Crippen LogP contribution < -0.4 is 0 Å². The topological polar surface area (TPSA) is 29.5 Å². The molecule has 0 heterocycles. The van der Waals surface area contributed by atoms with E-state index in [2.05, 4.69) is 62.0 Å². The molecule has 22 heavy (non-hydrogen) atoms. The van der Waals surface area contributed by atoms with Crippen molar-refractivity contribution in [2.24, 2.45) is 22.7 Å². The molecule has 0 amide bonds. The Labute approximate surface area is 139 Å². The monoisotopic (exact) mass is 312 g/mol. The van der Waals surface area contributed by atoms with Crippen LogP contribution in [-0.2, 0) is 4.74 Å². The van der Waals surface area contributed by atoms with Crippen LogP contribution in [0.5, 0.6) is 0 Å². The Morgan fingerprint density at radius 2 is 1.64 bits per heavy atom. The highest BCUT2D eigenvalue weighted by Crippen LogP contribution is 2.48. The van der Waals surface area contributed by atoms with Crippen molar-refractivity contribution in [3.05, 3.63) is 12.3 Å². The lowest BCUT2D eigenvalue weighted by molar-refractivity contribution is -0.0837. The summed E-state index contributed by atoms with van der Waals surface area (Å²) in [7, 11) is 0. The highest BCUT2D eigenvalue weighted by molar-refractivity contribution is 4.96. The lowest BCUT2D eigenvalue weighted by atomic mass is 9.60. The van der Waals surface area contributed by atoms with Gasteiger partial charge >= 0.3 is 0 Å². The number of aliphatic hydroxyl groups is 1. The number of hydrogen-bond acceptors (Lipinski definition) is 2. The minimum atomic E-state index is -0.260. The minimum Gasteiger partial charge on any atom is -0.495 e. The van der Waals surface area contributed by atoms with Crippen molar-refractivity contribution in [2.75, 3.05) is 0 Å². The van der Waals surface area contributed by atoms with E-state index < -0.39 is 0 Å². The third kappa shape index (κ3) is 5.95. The Balaban J connectivity index is 5.27. The molecule has 1 N–H and O–H groups in total. The van der Waals surface area contributed by atoms with E-state index in [0.717, 1.165) is 25.0 Å². The van der Waals surface area contributed by atoms with Crippen molar-refractivity contribution in [3.8, 4) is 0 Å². The van der Waals surface area contributed by atoms with Gasteiger partial charge in [-0.15, -0.1) is 0 Å². The molecule has 132 valence electrons. The first-order valence-corrected chi connectivity index (χ1v) is 8.85. The second kappa shape index (κ2) is 8.38. The largest absolute Gasteiger partial charge is 0.495 e. The van der Waals surface area contributed by atoms with Gasteiger partial charge in [0.15, 0.2) is 0 Å². The second-order valence-electron chi connectivity index (χ2n) is 8.70. The first-order chi connectivity index (χ1) is 9.85. The van der Waals surface area contributed by atoms with Crippen molar-refractivity contribution in [2.45, 2.75) is 93.8 Å². The maximum Gasteiger partial charge on any atom is 0.104 e. The molecule has 2 heteroatoms. The van der Waals surface area contributed by atoms with Crippen LogP contribution in [0.2, 0.25) is 0 Å². The van der Waals surface area contributed by atoms with Gasteiger partial charge in [0, 0.05) is 5.41 Å². The minimum absolute atomic E-state index is 0.0230. The van der Waals surface area contributed by atoms with Gasteiger partial charge in [-0.25, -0.2) is 0 Å². The number of allylic oxidation sites excluding steroid dienone is 1. The van der Waals surface area contributed by atoms with Gasteiger partial charge in [-0.05, 0) is 37.0 Å². The maximum atomic E-state index is 10.5. The Kier molecular flexibility index (Phi) is 8.19. The molecule has 0 saturated heterocycles. The average molecular weight is 313 g/mol. The predicted octanol–water partition coefficient (Wildman–Crippen LogP) is 5.80. The van der Waals surface area contributed by atoms with Gasteiger partial charge in [0.05, 0.1) is 11.9 Å². The van der Waals surface area contributed by atoms with Crippen molar-refractivity contribution >= 4 is 0 Å². The van der Waals surface area contributed by atoms with Gasteiger partial charge in [0.2, 0.25) is 0 Å². The lowest BCUT2D eigenvalue weighted by Crippen LogP contribution is -2.46. The van der Waals surface area contributed by atoms with Gasteiger partial charge in [-0.3, -0.25) is 0 Å². The molecule has 0 rings (SSSR count). The first kappa shape index (κ1) is 21.5. The summed E-state index contributed by atoms with van der Waals surface area (Å²) in [5.41, 5.74) is -0.0739. The molecule has 0 spiro atoms. The average Bonchev–Trinajstić information content (AvgIpc) is 2.34. The fraction of sp³-hybridized carbons (Fsp3) is 0.900. The van der Waals surface area contributed by atoms with Crippen LogP contribution in [0.4, 0.5) is 0 Å². The normalized spacial score (nSPS) is 17.2. The quantitative estimate of drug-likeness (QED) is 0.516. The fourth-order valence-electron chi connectivity index (χ4n) is 2.86. The molecule has 3 unspecified atom stereocenters. The molecule has 0 radical (unpaired) electrons. The molecule has 2 nitrogen and oxygen atoms in total.